The Morgan fingerprint density at radius 1 is 1.70 bits per heavy atom. The van der Waals surface area contributed by atoms with Crippen LogP contribution in [0.2, 0.25) is 0 Å². The lowest BCUT2D eigenvalue weighted by atomic mass is 10.3. The van der Waals surface area contributed by atoms with Crippen molar-refractivity contribution in [3.05, 3.63) is 0 Å². The van der Waals surface area contributed by atoms with Crippen molar-refractivity contribution in [1.82, 2.24) is 4.72 Å². The average molecular weight is 165 g/mol. The first-order valence-corrected chi connectivity index (χ1v) is 4.92. The Morgan fingerprint density at radius 3 is 2.50 bits per heavy atom. The first-order valence-electron chi connectivity index (χ1n) is 3.34. The molecule has 4 heteroatoms. The van der Waals surface area contributed by atoms with E-state index < -0.39 is 9.99 Å². The van der Waals surface area contributed by atoms with E-state index in [1.807, 2.05) is 13.8 Å². The fourth-order valence-corrected chi connectivity index (χ4v) is 1.87. The van der Waals surface area contributed by atoms with Gasteiger partial charge in [-0.15, -0.1) is 0 Å². The minimum absolute atomic E-state index is 0.136. The van der Waals surface area contributed by atoms with Crippen molar-refractivity contribution >= 4 is 15.4 Å². The zero-order valence-electron chi connectivity index (χ0n) is 6.63. The number of rotatable bonds is 3. The Kier molecular flexibility index (Phi) is 3.93. The summed E-state index contributed by atoms with van der Waals surface area (Å²) in [6.07, 6.45) is 0. The van der Waals surface area contributed by atoms with Crippen LogP contribution in [-0.2, 0) is 9.99 Å². The zero-order chi connectivity index (χ0) is 8.20. The van der Waals surface area contributed by atoms with Gasteiger partial charge in [0.15, 0.2) is 0 Å². The van der Waals surface area contributed by atoms with Crippen molar-refractivity contribution < 1.29 is 8.76 Å². The van der Waals surface area contributed by atoms with E-state index in [0.717, 1.165) is 0 Å². The molecular weight excluding hydrogens is 150 g/mol. The number of hydrogen-bond donors (Lipinski definition) is 2. The molecule has 0 aliphatic heterocycles. The minimum Gasteiger partial charge on any atom is -0.302 e. The molecule has 0 fully saturated rings. The molecule has 0 saturated heterocycles. The van der Waals surface area contributed by atoms with E-state index in [9.17, 15) is 4.21 Å². The summed E-state index contributed by atoms with van der Waals surface area (Å²) in [4.78, 5) is 0. The van der Waals surface area contributed by atoms with Crippen molar-refractivity contribution in [2.24, 2.45) is 5.92 Å². The van der Waals surface area contributed by atoms with Gasteiger partial charge >= 0.3 is 0 Å². The van der Waals surface area contributed by atoms with Crippen LogP contribution >= 0.6 is 0 Å². The van der Waals surface area contributed by atoms with Crippen LogP contribution < -0.4 is 4.72 Å². The Hall–Kier alpha value is -0.0600. The van der Waals surface area contributed by atoms with Gasteiger partial charge in [0.1, 0.15) is 9.99 Å². The summed E-state index contributed by atoms with van der Waals surface area (Å²) in [5, 5.41) is 1.41. The van der Waals surface area contributed by atoms with Gasteiger partial charge in [0.25, 0.3) is 0 Å². The van der Waals surface area contributed by atoms with Crippen LogP contribution in [0.5, 0.6) is 0 Å². The quantitative estimate of drug-likeness (QED) is 0.606. The van der Waals surface area contributed by atoms with E-state index in [0.29, 0.717) is 6.54 Å². The van der Waals surface area contributed by atoms with Gasteiger partial charge in [0, 0.05) is 11.9 Å². The maximum Gasteiger partial charge on any atom is 0.141 e. The average Bonchev–Trinajstić information content (AvgIpc) is 1.59. The highest BCUT2D eigenvalue weighted by Crippen LogP contribution is 1.88. The first kappa shape index (κ1) is 9.94. The predicted molar refractivity (Wildman–Crippen MR) is 45.3 cm³/mol. The molecule has 0 bridgehead atoms. The van der Waals surface area contributed by atoms with Crippen molar-refractivity contribution in [1.29, 1.82) is 0 Å². The molecule has 0 amide bonds. The molecule has 1 unspecified atom stereocenters. The van der Waals surface area contributed by atoms with Gasteiger partial charge in [-0.25, -0.2) is 8.93 Å². The van der Waals surface area contributed by atoms with Gasteiger partial charge in [0.2, 0.25) is 0 Å². The zero-order valence-corrected chi connectivity index (χ0v) is 7.44. The van der Waals surface area contributed by atoms with Crippen LogP contribution in [-0.4, -0.2) is 20.7 Å². The normalized spacial score (nSPS) is 16.9. The summed E-state index contributed by atoms with van der Waals surface area (Å²) in [7, 11) is -2.86. The molecule has 0 spiro atoms. The topological polar surface area (TPSA) is 49.3 Å². The molecule has 0 rings (SSSR count). The monoisotopic (exact) mass is 165 g/mol. The van der Waals surface area contributed by atoms with E-state index in [1.165, 1.54) is 5.37 Å². The smallest absolute Gasteiger partial charge is 0.141 e. The van der Waals surface area contributed by atoms with Crippen LogP contribution in [0.25, 0.3) is 0 Å². The standard InChI is InChI=1S/C6H15NO2S/c1-4-7-10(8,9)5-6(2)3/h5-6H,4H2,1-3H3,(H2,7,8,9). The third-order valence-corrected chi connectivity index (χ3v) is 2.42. The molecule has 0 saturated carbocycles. The lowest BCUT2D eigenvalue weighted by molar-refractivity contribution is 0.545. The predicted octanol–water partition coefficient (Wildman–Crippen LogP) is 0.726. The molecule has 0 aromatic carbocycles. The minimum atomic E-state index is -2.86. The molecule has 1 atom stereocenters. The summed E-state index contributed by atoms with van der Waals surface area (Å²) >= 11 is 0. The lowest BCUT2D eigenvalue weighted by Crippen LogP contribution is -2.25. The Labute approximate surface area is 62.8 Å². The van der Waals surface area contributed by atoms with Gasteiger partial charge in [-0.1, -0.05) is 20.8 Å². The highest BCUT2D eigenvalue weighted by atomic mass is 32.2. The van der Waals surface area contributed by atoms with Gasteiger partial charge in [-0.3, -0.25) is 0 Å². The SMILES string of the molecule is CCNS(=O)(O)=CC(C)C. The van der Waals surface area contributed by atoms with E-state index in [4.69, 9.17) is 4.55 Å². The molecule has 0 radical (unpaired) electrons. The van der Waals surface area contributed by atoms with Crippen molar-refractivity contribution in [3.63, 3.8) is 0 Å². The molecule has 0 aliphatic carbocycles. The second-order valence-electron chi connectivity index (χ2n) is 2.45. The van der Waals surface area contributed by atoms with Crippen molar-refractivity contribution in [2.75, 3.05) is 6.54 Å². The molecule has 2 N–H and O–H groups in total. The summed E-state index contributed by atoms with van der Waals surface area (Å²) in [6, 6.07) is 0. The van der Waals surface area contributed by atoms with E-state index in [-0.39, 0.29) is 5.92 Å². The largest absolute Gasteiger partial charge is 0.302 e. The molecule has 0 aromatic heterocycles. The second-order valence-corrected chi connectivity index (χ2v) is 4.14. The molecule has 0 aromatic rings. The molecular formula is C6H15NO2S. The van der Waals surface area contributed by atoms with Crippen LogP contribution in [0.15, 0.2) is 0 Å². The number of nitrogens with one attached hydrogen (secondary N) is 1. The third kappa shape index (κ3) is 4.78. The van der Waals surface area contributed by atoms with Crippen LogP contribution in [0.1, 0.15) is 20.8 Å². The van der Waals surface area contributed by atoms with Gasteiger partial charge < -0.3 is 4.55 Å². The Bertz CT molecular complexity index is 192. The number of hydrogen-bond acceptors (Lipinski definition) is 1. The van der Waals surface area contributed by atoms with E-state index in [1.54, 1.807) is 6.92 Å². The first-order chi connectivity index (χ1) is 4.48. The summed E-state index contributed by atoms with van der Waals surface area (Å²) in [6.45, 7) is 6.04. The Morgan fingerprint density at radius 2 is 2.20 bits per heavy atom. The van der Waals surface area contributed by atoms with Gasteiger partial charge in [-0.05, 0) is 5.92 Å². The highest BCUT2D eigenvalue weighted by molar-refractivity contribution is 7.94. The fraction of sp³-hybridized carbons (Fsp3) is 0.833. The Balaban J connectivity index is 4.23. The van der Waals surface area contributed by atoms with Crippen LogP contribution in [0.4, 0.5) is 0 Å². The maximum absolute atomic E-state index is 11.0. The molecule has 10 heavy (non-hydrogen) atoms. The summed E-state index contributed by atoms with van der Waals surface area (Å²) in [5.41, 5.74) is 0. The maximum atomic E-state index is 11.0. The van der Waals surface area contributed by atoms with Gasteiger partial charge in [0.05, 0.1) is 0 Å². The van der Waals surface area contributed by atoms with Crippen molar-refractivity contribution in [3.8, 4) is 0 Å². The molecule has 3 nitrogen and oxygen atoms in total. The van der Waals surface area contributed by atoms with E-state index in [2.05, 4.69) is 4.72 Å². The van der Waals surface area contributed by atoms with Crippen molar-refractivity contribution in [2.45, 2.75) is 20.8 Å². The molecule has 62 valence electrons. The summed E-state index contributed by atoms with van der Waals surface area (Å²) < 4.78 is 22.5. The molecule has 0 heterocycles. The fourth-order valence-electron chi connectivity index (χ4n) is 0.624. The third-order valence-electron chi connectivity index (χ3n) is 0.808. The van der Waals surface area contributed by atoms with Crippen LogP contribution in [0, 0.1) is 5.92 Å². The second kappa shape index (κ2) is 3.95. The highest BCUT2D eigenvalue weighted by Gasteiger charge is 1.98. The molecule has 0 aliphatic rings. The lowest BCUT2D eigenvalue weighted by Gasteiger charge is -2.04. The summed E-state index contributed by atoms with van der Waals surface area (Å²) in [5.74, 6) is 0.136. The van der Waals surface area contributed by atoms with Crippen LogP contribution in [0.3, 0.4) is 0 Å². The van der Waals surface area contributed by atoms with E-state index >= 15 is 0 Å². The van der Waals surface area contributed by atoms with Gasteiger partial charge in [-0.2, -0.15) is 0 Å².